The Bertz CT molecular complexity index is 278. The van der Waals surface area contributed by atoms with Crippen LogP contribution in [0.4, 0.5) is 0 Å². The van der Waals surface area contributed by atoms with Crippen molar-refractivity contribution in [2.75, 3.05) is 33.4 Å². The Balaban J connectivity index is 0.00000361. The number of aliphatic hydroxyl groups excluding tert-OH is 1. The summed E-state index contributed by atoms with van der Waals surface area (Å²) < 4.78 is 5.23. The predicted molar refractivity (Wildman–Crippen MR) is 82.1 cm³/mol. The Hall–Kier alpha value is -0.360. The van der Waals surface area contributed by atoms with Gasteiger partial charge in [0.25, 0.3) is 0 Å². The molecule has 1 fully saturated rings. The summed E-state index contributed by atoms with van der Waals surface area (Å²) in [5.41, 5.74) is -0.435. The standard InChI is InChI=1S/C14H28N2O3.ClH/c1-4-11(2)12(17)9-16-13(18)14(10-19-3)5-7-15-8-6-14;/h11-12,15,17H,4-10H2,1-3H3,(H,16,18);1H. The second-order valence-electron chi connectivity index (χ2n) is 5.63. The molecule has 0 aromatic carbocycles. The minimum atomic E-state index is -0.477. The predicted octanol–water partition coefficient (Wildman–Crippen LogP) is 0.948. The second kappa shape index (κ2) is 9.55. The monoisotopic (exact) mass is 308 g/mol. The topological polar surface area (TPSA) is 70.6 Å². The fourth-order valence-electron chi connectivity index (χ4n) is 2.48. The number of ether oxygens (including phenoxy) is 1. The van der Waals surface area contributed by atoms with Crippen molar-refractivity contribution in [2.45, 2.75) is 39.2 Å². The number of methoxy groups -OCH3 is 1. The molecule has 1 heterocycles. The summed E-state index contributed by atoms with van der Waals surface area (Å²) in [4.78, 5) is 12.4. The molecule has 0 aromatic heterocycles. The number of halogens is 1. The van der Waals surface area contributed by atoms with Gasteiger partial charge in [0.2, 0.25) is 5.91 Å². The number of carbonyl (C=O) groups excluding carboxylic acids is 1. The van der Waals surface area contributed by atoms with Crippen LogP contribution in [0.15, 0.2) is 0 Å². The first-order valence-electron chi connectivity index (χ1n) is 7.21. The van der Waals surface area contributed by atoms with E-state index in [1.807, 2.05) is 13.8 Å². The number of hydrogen-bond donors (Lipinski definition) is 3. The Morgan fingerprint density at radius 2 is 2.05 bits per heavy atom. The highest BCUT2D eigenvalue weighted by Gasteiger charge is 2.39. The van der Waals surface area contributed by atoms with Gasteiger partial charge in [-0.25, -0.2) is 0 Å². The summed E-state index contributed by atoms with van der Waals surface area (Å²) in [7, 11) is 1.63. The van der Waals surface area contributed by atoms with Crippen molar-refractivity contribution >= 4 is 18.3 Å². The lowest BCUT2D eigenvalue weighted by molar-refractivity contribution is -0.136. The smallest absolute Gasteiger partial charge is 0.228 e. The third-order valence-electron chi connectivity index (χ3n) is 4.24. The van der Waals surface area contributed by atoms with Crippen LogP contribution in [0.5, 0.6) is 0 Å². The zero-order valence-corrected chi connectivity index (χ0v) is 13.6. The molecule has 0 radical (unpaired) electrons. The number of rotatable bonds is 7. The molecule has 2 atom stereocenters. The lowest BCUT2D eigenvalue weighted by Crippen LogP contribution is -2.51. The molecule has 20 heavy (non-hydrogen) atoms. The van der Waals surface area contributed by atoms with Crippen LogP contribution in [0.2, 0.25) is 0 Å². The average Bonchev–Trinajstić information content (AvgIpc) is 2.44. The highest BCUT2D eigenvalue weighted by atomic mass is 35.5. The van der Waals surface area contributed by atoms with E-state index in [1.54, 1.807) is 7.11 Å². The lowest BCUT2D eigenvalue weighted by Gasteiger charge is -2.36. The van der Waals surface area contributed by atoms with Crippen molar-refractivity contribution < 1.29 is 14.6 Å². The molecule has 1 rings (SSSR count). The first kappa shape index (κ1) is 19.6. The van der Waals surface area contributed by atoms with E-state index >= 15 is 0 Å². The number of hydrogen-bond acceptors (Lipinski definition) is 4. The van der Waals surface area contributed by atoms with Gasteiger partial charge in [0.05, 0.1) is 18.1 Å². The van der Waals surface area contributed by atoms with Crippen molar-refractivity contribution in [3.05, 3.63) is 0 Å². The van der Waals surface area contributed by atoms with Gasteiger partial charge in [0.15, 0.2) is 0 Å². The summed E-state index contributed by atoms with van der Waals surface area (Å²) >= 11 is 0. The van der Waals surface area contributed by atoms with Crippen LogP contribution < -0.4 is 10.6 Å². The van der Waals surface area contributed by atoms with E-state index in [0.717, 1.165) is 32.4 Å². The maximum absolute atomic E-state index is 12.4. The summed E-state index contributed by atoms with van der Waals surface area (Å²) in [5, 5.41) is 16.1. The molecule has 0 saturated carbocycles. The van der Waals surface area contributed by atoms with E-state index in [9.17, 15) is 9.90 Å². The van der Waals surface area contributed by atoms with Crippen molar-refractivity contribution in [3.8, 4) is 0 Å². The molecule has 1 saturated heterocycles. The zero-order valence-electron chi connectivity index (χ0n) is 12.8. The molecule has 120 valence electrons. The van der Waals surface area contributed by atoms with Crippen molar-refractivity contribution in [3.63, 3.8) is 0 Å². The summed E-state index contributed by atoms with van der Waals surface area (Å²) in [6.45, 7) is 6.48. The molecule has 1 amide bonds. The molecule has 0 aliphatic carbocycles. The molecule has 5 nitrogen and oxygen atoms in total. The van der Waals surface area contributed by atoms with E-state index in [0.29, 0.717) is 13.2 Å². The molecular weight excluding hydrogens is 280 g/mol. The van der Waals surface area contributed by atoms with Gasteiger partial charge in [-0.2, -0.15) is 0 Å². The Morgan fingerprint density at radius 1 is 1.45 bits per heavy atom. The van der Waals surface area contributed by atoms with E-state index < -0.39 is 11.5 Å². The van der Waals surface area contributed by atoms with E-state index in [-0.39, 0.29) is 24.2 Å². The molecule has 0 aromatic rings. The van der Waals surface area contributed by atoms with Crippen LogP contribution in [-0.2, 0) is 9.53 Å². The SMILES string of the molecule is CCC(C)C(O)CNC(=O)C1(COC)CCNCC1.Cl. The van der Waals surface area contributed by atoms with Crippen LogP contribution in [0, 0.1) is 11.3 Å². The molecule has 1 aliphatic rings. The van der Waals surface area contributed by atoms with Crippen LogP contribution in [-0.4, -0.2) is 50.5 Å². The van der Waals surface area contributed by atoms with E-state index in [4.69, 9.17) is 4.74 Å². The number of piperidine rings is 1. The van der Waals surface area contributed by atoms with Crippen molar-refractivity contribution in [1.82, 2.24) is 10.6 Å². The molecule has 2 unspecified atom stereocenters. The van der Waals surface area contributed by atoms with Gasteiger partial charge in [0, 0.05) is 13.7 Å². The molecule has 1 aliphatic heterocycles. The third-order valence-corrected chi connectivity index (χ3v) is 4.24. The summed E-state index contributed by atoms with van der Waals surface area (Å²) in [5.74, 6) is 0.213. The van der Waals surface area contributed by atoms with Gasteiger partial charge in [0.1, 0.15) is 0 Å². The van der Waals surface area contributed by atoms with Crippen LogP contribution in [0.25, 0.3) is 0 Å². The Morgan fingerprint density at radius 3 is 2.55 bits per heavy atom. The normalized spacial score (nSPS) is 20.6. The minimum Gasteiger partial charge on any atom is -0.391 e. The fourth-order valence-corrected chi connectivity index (χ4v) is 2.48. The number of amides is 1. The first-order chi connectivity index (χ1) is 9.05. The summed E-state index contributed by atoms with van der Waals surface area (Å²) in [6, 6.07) is 0. The van der Waals surface area contributed by atoms with Gasteiger partial charge in [-0.3, -0.25) is 4.79 Å². The maximum atomic E-state index is 12.4. The van der Waals surface area contributed by atoms with E-state index in [2.05, 4.69) is 10.6 Å². The van der Waals surface area contributed by atoms with Gasteiger partial charge in [-0.15, -0.1) is 12.4 Å². The van der Waals surface area contributed by atoms with Gasteiger partial charge in [-0.05, 0) is 31.8 Å². The number of carbonyl (C=O) groups is 1. The zero-order chi connectivity index (χ0) is 14.3. The number of nitrogens with one attached hydrogen (secondary N) is 2. The molecule has 3 N–H and O–H groups in total. The quantitative estimate of drug-likeness (QED) is 0.655. The van der Waals surface area contributed by atoms with Crippen LogP contribution in [0.3, 0.4) is 0 Å². The molecule has 0 spiro atoms. The minimum absolute atomic E-state index is 0. The second-order valence-corrected chi connectivity index (χ2v) is 5.63. The fraction of sp³-hybridized carbons (Fsp3) is 0.929. The van der Waals surface area contributed by atoms with Crippen molar-refractivity contribution in [2.24, 2.45) is 11.3 Å². The summed E-state index contributed by atoms with van der Waals surface area (Å²) in [6.07, 6.45) is 2.00. The highest BCUT2D eigenvalue weighted by molar-refractivity contribution is 5.85. The molecule has 0 bridgehead atoms. The van der Waals surface area contributed by atoms with E-state index in [1.165, 1.54) is 0 Å². The van der Waals surface area contributed by atoms with Crippen LogP contribution in [0.1, 0.15) is 33.1 Å². The molecule has 6 heteroatoms. The van der Waals surface area contributed by atoms with Crippen LogP contribution >= 0.6 is 12.4 Å². The Kier molecular flexibility index (Phi) is 9.38. The van der Waals surface area contributed by atoms with Crippen molar-refractivity contribution in [1.29, 1.82) is 0 Å². The lowest BCUT2D eigenvalue weighted by atomic mass is 9.78. The maximum Gasteiger partial charge on any atom is 0.228 e. The molecular formula is C14H29ClN2O3. The third kappa shape index (κ3) is 5.20. The largest absolute Gasteiger partial charge is 0.391 e. The van der Waals surface area contributed by atoms with Gasteiger partial charge in [-0.1, -0.05) is 20.3 Å². The average molecular weight is 309 g/mol. The Labute approximate surface area is 128 Å². The number of aliphatic hydroxyl groups is 1. The first-order valence-corrected chi connectivity index (χ1v) is 7.21. The highest BCUT2D eigenvalue weighted by Crippen LogP contribution is 2.29. The van der Waals surface area contributed by atoms with Gasteiger partial charge >= 0.3 is 0 Å². The van der Waals surface area contributed by atoms with Gasteiger partial charge < -0.3 is 20.5 Å².